The van der Waals surface area contributed by atoms with E-state index in [-0.39, 0.29) is 12.6 Å². The number of nitrogens with one attached hydrogen (secondary N) is 2. The lowest BCUT2D eigenvalue weighted by Crippen LogP contribution is -2.48. The number of nitrogens with zero attached hydrogens (tertiary/aromatic N) is 2. The number of carbonyl (C=O) groups excluding carboxylic acids is 1. The molecule has 6 heteroatoms. The number of hydrogen-bond acceptors (Lipinski definition) is 4. The Morgan fingerprint density at radius 1 is 1.45 bits per heavy atom. The summed E-state index contributed by atoms with van der Waals surface area (Å²) in [5.41, 5.74) is 0.318. The molecule has 3 N–H and O–H groups in total. The van der Waals surface area contributed by atoms with Crippen molar-refractivity contribution >= 4 is 17.5 Å². The molecular weight excluding hydrogens is 280 g/mol. The van der Waals surface area contributed by atoms with E-state index in [0.717, 1.165) is 43.9 Å². The van der Waals surface area contributed by atoms with E-state index in [1.807, 2.05) is 26.0 Å². The molecule has 1 aromatic heterocycles. The zero-order valence-electron chi connectivity index (χ0n) is 13.4. The minimum Gasteiger partial charge on any atom is -0.396 e. The number of urea groups is 1. The second-order valence-electron chi connectivity index (χ2n) is 6.04. The van der Waals surface area contributed by atoms with Crippen LogP contribution < -0.4 is 15.5 Å². The van der Waals surface area contributed by atoms with Crippen molar-refractivity contribution in [2.24, 2.45) is 0 Å². The van der Waals surface area contributed by atoms with E-state index in [9.17, 15) is 4.79 Å². The van der Waals surface area contributed by atoms with Gasteiger partial charge in [-0.1, -0.05) is 6.92 Å². The van der Waals surface area contributed by atoms with Gasteiger partial charge in [-0.2, -0.15) is 0 Å². The van der Waals surface area contributed by atoms with Crippen LogP contribution in [0.1, 0.15) is 39.5 Å². The average Bonchev–Trinajstić information content (AvgIpc) is 3.02. The maximum absolute atomic E-state index is 12.3. The van der Waals surface area contributed by atoms with Crippen LogP contribution in [0.5, 0.6) is 0 Å². The van der Waals surface area contributed by atoms with E-state index < -0.39 is 5.54 Å². The van der Waals surface area contributed by atoms with Crippen LogP contribution in [0.25, 0.3) is 0 Å². The van der Waals surface area contributed by atoms with Crippen molar-refractivity contribution < 1.29 is 9.90 Å². The van der Waals surface area contributed by atoms with Crippen LogP contribution in [-0.2, 0) is 0 Å². The van der Waals surface area contributed by atoms with Crippen molar-refractivity contribution in [3.63, 3.8) is 0 Å². The maximum atomic E-state index is 12.3. The summed E-state index contributed by atoms with van der Waals surface area (Å²) in [4.78, 5) is 18.9. The smallest absolute Gasteiger partial charge is 0.319 e. The molecule has 1 saturated heterocycles. The summed E-state index contributed by atoms with van der Waals surface area (Å²) < 4.78 is 0. The fourth-order valence-corrected chi connectivity index (χ4v) is 2.68. The molecular formula is C16H26N4O2. The summed E-state index contributed by atoms with van der Waals surface area (Å²) in [6.45, 7) is 5.94. The Morgan fingerprint density at radius 3 is 2.82 bits per heavy atom. The van der Waals surface area contributed by atoms with Gasteiger partial charge in [0, 0.05) is 31.4 Å². The minimum absolute atomic E-state index is 0.0521. The molecule has 0 saturated carbocycles. The van der Waals surface area contributed by atoms with Crippen molar-refractivity contribution in [1.29, 1.82) is 0 Å². The number of pyridine rings is 1. The lowest BCUT2D eigenvalue weighted by Gasteiger charge is -2.29. The predicted molar refractivity (Wildman–Crippen MR) is 88.2 cm³/mol. The van der Waals surface area contributed by atoms with Gasteiger partial charge in [0.15, 0.2) is 5.82 Å². The van der Waals surface area contributed by atoms with E-state index >= 15 is 0 Å². The summed E-state index contributed by atoms with van der Waals surface area (Å²) in [6.07, 6.45) is 5.35. The van der Waals surface area contributed by atoms with Crippen LogP contribution in [0.3, 0.4) is 0 Å². The fourth-order valence-electron chi connectivity index (χ4n) is 2.68. The third-order valence-electron chi connectivity index (χ3n) is 4.30. The van der Waals surface area contributed by atoms with Gasteiger partial charge in [0.1, 0.15) is 0 Å². The van der Waals surface area contributed by atoms with E-state index in [1.54, 1.807) is 6.20 Å². The highest BCUT2D eigenvalue weighted by Crippen LogP contribution is 2.26. The number of aliphatic hydroxyl groups excluding tert-OH is 1. The summed E-state index contributed by atoms with van der Waals surface area (Å²) in [5, 5.41) is 15.0. The molecule has 1 aliphatic rings. The fraction of sp³-hybridized carbons (Fsp3) is 0.625. The van der Waals surface area contributed by atoms with Crippen LogP contribution >= 0.6 is 0 Å². The van der Waals surface area contributed by atoms with Gasteiger partial charge in [0.05, 0.1) is 5.69 Å². The highest BCUT2D eigenvalue weighted by molar-refractivity contribution is 5.92. The van der Waals surface area contributed by atoms with Crippen molar-refractivity contribution in [2.75, 3.05) is 29.9 Å². The van der Waals surface area contributed by atoms with Crippen LogP contribution in [0.2, 0.25) is 0 Å². The summed E-state index contributed by atoms with van der Waals surface area (Å²) in [7, 11) is 0. The molecule has 1 atom stereocenters. The SMILES string of the molecule is CCC(C)(CCO)NC(=O)Nc1cccnc1N1CCCC1. The van der Waals surface area contributed by atoms with Gasteiger partial charge in [-0.3, -0.25) is 0 Å². The van der Waals surface area contributed by atoms with Crippen LogP contribution in [0.4, 0.5) is 16.3 Å². The number of carbonyl (C=O) groups is 1. The second kappa shape index (κ2) is 7.45. The molecule has 0 bridgehead atoms. The maximum Gasteiger partial charge on any atom is 0.319 e. The molecule has 1 fully saturated rings. The molecule has 2 rings (SSSR count). The normalized spacial score (nSPS) is 17.1. The van der Waals surface area contributed by atoms with Crippen molar-refractivity contribution in [3.8, 4) is 0 Å². The van der Waals surface area contributed by atoms with Crippen LogP contribution in [0.15, 0.2) is 18.3 Å². The topological polar surface area (TPSA) is 77.5 Å². The molecule has 1 aromatic rings. The molecule has 2 heterocycles. The Morgan fingerprint density at radius 2 is 2.18 bits per heavy atom. The van der Waals surface area contributed by atoms with Gasteiger partial charge in [-0.05, 0) is 44.7 Å². The highest BCUT2D eigenvalue weighted by atomic mass is 16.3. The van der Waals surface area contributed by atoms with Crippen LogP contribution in [0, 0.1) is 0 Å². The second-order valence-corrected chi connectivity index (χ2v) is 6.04. The van der Waals surface area contributed by atoms with E-state index in [4.69, 9.17) is 5.11 Å². The molecule has 2 amide bonds. The lowest BCUT2D eigenvalue weighted by atomic mass is 9.95. The average molecular weight is 306 g/mol. The Bertz CT molecular complexity index is 503. The number of aromatic nitrogens is 1. The first-order valence-corrected chi connectivity index (χ1v) is 7.98. The van der Waals surface area contributed by atoms with Crippen molar-refractivity contribution in [3.05, 3.63) is 18.3 Å². The van der Waals surface area contributed by atoms with Crippen molar-refractivity contribution in [2.45, 2.75) is 45.1 Å². The molecule has 0 spiro atoms. The van der Waals surface area contributed by atoms with E-state index in [2.05, 4.69) is 20.5 Å². The first-order chi connectivity index (χ1) is 10.6. The molecule has 0 aromatic carbocycles. The zero-order valence-corrected chi connectivity index (χ0v) is 13.4. The van der Waals surface area contributed by atoms with E-state index in [0.29, 0.717) is 6.42 Å². The van der Waals surface area contributed by atoms with Gasteiger partial charge < -0.3 is 20.6 Å². The van der Waals surface area contributed by atoms with Crippen molar-refractivity contribution in [1.82, 2.24) is 10.3 Å². The largest absolute Gasteiger partial charge is 0.396 e. The number of anilines is 2. The molecule has 0 aliphatic carbocycles. The minimum atomic E-state index is -0.408. The zero-order chi connectivity index (χ0) is 16.0. The Labute approximate surface area is 131 Å². The molecule has 1 aliphatic heterocycles. The molecule has 6 nitrogen and oxygen atoms in total. The summed E-state index contributed by atoms with van der Waals surface area (Å²) in [5.74, 6) is 0.829. The Kier molecular flexibility index (Phi) is 5.60. The number of hydrogen-bond donors (Lipinski definition) is 3. The number of aliphatic hydroxyl groups is 1. The van der Waals surface area contributed by atoms with Gasteiger partial charge >= 0.3 is 6.03 Å². The monoisotopic (exact) mass is 306 g/mol. The third kappa shape index (κ3) is 4.10. The molecule has 122 valence electrons. The van der Waals surface area contributed by atoms with Gasteiger partial charge in [0.2, 0.25) is 0 Å². The van der Waals surface area contributed by atoms with Gasteiger partial charge in [0.25, 0.3) is 0 Å². The Balaban J connectivity index is 2.05. The summed E-state index contributed by atoms with van der Waals surface area (Å²) in [6, 6.07) is 3.43. The first-order valence-electron chi connectivity index (χ1n) is 7.98. The predicted octanol–water partition coefficient (Wildman–Crippen LogP) is 2.35. The summed E-state index contributed by atoms with van der Waals surface area (Å²) >= 11 is 0. The van der Waals surface area contributed by atoms with Gasteiger partial charge in [-0.25, -0.2) is 9.78 Å². The number of amides is 2. The van der Waals surface area contributed by atoms with E-state index in [1.165, 1.54) is 0 Å². The van der Waals surface area contributed by atoms with Crippen LogP contribution in [-0.4, -0.2) is 41.4 Å². The highest BCUT2D eigenvalue weighted by Gasteiger charge is 2.24. The molecule has 22 heavy (non-hydrogen) atoms. The molecule has 1 unspecified atom stereocenters. The quantitative estimate of drug-likeness (QED) is 0.754. The lowest BCUT2D eigenvalue weighted by molar-refractivity contribution is 0.208. The molecule has 0 radical (unpaired) electrons. The van der Waals surface area contributed by atoms with Gasteiger partial charge in [-0.15, -0.1) is 0 Å². The Hall–Kier alpha value is -1.82. The third-order valence-corrected chi connectivity index (χ3v) is 4.30. The standard InChI is InChI=1S/C16H26N4O2/c1-3-16(2,8-12-21)19-15(22)18-13-7-6-9-17-14(13)20-10-4-5-11-20/h6-7,9,21H,3-5,8,10-12H2,1-2H3,(H2,18,19,22). The first kappa shape index (κ1) is 16.5. The number of rotatable bonds is 6.